The molecular weight excluding hydrogens is 362 g/mol. The molecule has 0 spiro atoms. The zero-order chi connectivity index (χ0) is 19.5. The smallest absolute Gasteiger partial charge is 0.338 e. The molecule has 1 saturated carbocycles. The van der Waals surface area contributed by atoms with Crippen LogP contribution in [0.3, 0.4) is 0 Å². The Morgan fingerprint density at radius 1 is 1.11 bits per heavy atom. The standard InChI is InChI=1S/C21H27NO6/c1-25-17-11-15(12-18-20(17)27-10-9-26-18)21(24)28-13-19(23)22-8-4-6-14-5-2-3-7-16(14)22/h11-12,14,16H,2-10,13H2,1H3/t14-,16+/m1/s1. The van der Waals surface area contributed by atoms with Gasteiger partial charge in [0.1, 0.15) is 13.2 Å². The van der Waals surface area contributed by atoms with E-state index in [9.17, 15) is 9.59 Å². The average molecular weight is 389 g/mol. The second kappa shape index (κ2) is 8.29. The molecular formula is C21H27NO6. The van der Waals surface area contributed by atoms with E-state index in [-0.39, 0.29) is 18.1 Å². The molecule has 7 heteroatoms. The number of amides is 1. The monoisotopic (exact) mass is 389 g/mol. The molecule has 2 fully saturated rings. The third kappa shape index (κ3) is 3.75. The Kier molecular flexibility index (Phi) is 5.59. The van der Waals surface area contributed by atoms with Gasteiger partial charge in [-0.3, -0.25) is 4.79 Å². The molecule has 0 unspecified atom stereocenters. The van der Waals surface area contributed by atoms with Crippen LogP contribution in [-0.2, 0) is 9.53 Å². The lowest BCUT2D eigenvalue weighted by Gasteiger charge is -2.44. The molecule has 3 aliphatic rings. The fraction of sp³-hybridized carbons (Fsp3) is 0.619. The number of likely N-dealkylation sites (tertiary alicyclic amines) is 1. The first-order chi connectivity index (χ1) is 13.7. The Morgan fingerprint density at radius 2 is 1.89 bits per heavy atom. The van der Waals surface area contributed by atoms with E-state index < -0.39 is 5.97 Å². The maximum absolute atomic E-state index is 12.7. The summed E-state index contributed by atoms with van der Waals surface area (Å²) in [5.74, 6) is 1.28. The topological polar surface area (TPSA) is 74.3 Å². The molecule has 0 bridgehead atoms. The molecule has 2 atom stereocenters. The predicted molar refractivity (Wildman–Crippen MR) is 101 cm³/mol. The van der Waals surface area contributed by atoms with Crippen molar-refractivity contribution in [1.82, 2.24) is 4.90 Å². The molecule has 0 radical (unpaired) electrons. The zero-order valence-electron chi connectivity index (χ0n) is 16.3. The Morgan fingerprint density at radius 3 is 2.75 bits per heavy atom. The van der Waals surface area contributed by atoms with Gasteiger partial charge in [-0.2, -0.15) is 0 Å². The van der Waals surface area contributed by atoms with Crippen molar-refractivity contribution in [2.75, 3.05) is 33.5 Å². The minimum Gasteiger partial charge on any atom is -0.493 e. The first kappa shape index (κ1) is 18.9. The number of ether oxygens (including phenoxy) is 4. The highest BCUT2D eigenvalue weighted by Gasteiger charge is 2.36. The summed E-state index contributed by atoms with van der Waals surface area (Å²) in [5.41, 5.74) is 0.281. The van der Waals surface area contributed by atoms with Gasteiger partial charge in [-0.25, -0.2) is 4.79 Å². The average Bonchev–Trinajstić information content (AvgIpc) is 2.76. The quantitative estimate of drug-likeness (QED) is 0.738. The van der Waals surface area contributed by atoms with Gasteiger partial charge in [0.15, 0.2) is 18.1 Å². The molecule has 1 aromatic carbocycles. The van der Waals surface area contributed by atoms with Crippen LogP contribution in [0.1, 0.15) is 48.9 Å². The lowest BCUT2D eigenvalue weighted by molar-refractivity contribution is -0.140. The number of fused-ring (bicyclic) bond motifs is 2. The summed E-state index contributed by atoms with van der Waals surface area (Å²) >= 11 is 0. The second-order valence-corrected chi connectivity index (χ2v) is 7.62. The van der Waals surface area contributed by atoms with Crippen molar-refractivity contribution in [3.63, 3.8) is 0 Å². The van der Waals surface area contributed by atoms with E-state index in [1.165, 1.54) is 32.8 Å². The molecule has 0 aromatic heterocycles. The number of nitrogens with zero attached hydrogens (tertiary/aromatic N) is 1. The Hall–Kier alpha value is -2.44. The molecule has 1 amide bonds. The molecule has 4 rings (SSSR count). The number of piperidine rings is 1. The largest absolute Gasteiger partial charge is 0.493 e. The van der Waals surface area contributed by atoms with Crippen molar-refractivity contribution < 1.29 is 28.5 Å². The highest BCUT2D eigenvalue weighted by atomic mass is 16.6. The van der Waals surface area contributed by atoms with Crippen molar-refractivity contribution in [1.29, 1.82) is 0 Å². The molecule has 1 aliphatic carbocycles. The number of benzene rings is 1. The van der Waals surface area contributed by atoms with E-state index in [1.807, 2.05) is 4.90 Å². The van der Waals surface area contributed by atoms with Crippen LogP contribution < -0.4 is 14.2 Å². The van der Waals surface area contributed by atoms with Crippen LogP contribution in [0.25, 0.3) is 0 Å². The summed E-state index contributed by atoms with van der Waals surface area (Å²) in [7, 11) is 1.50. The summed E-state index contributed by atoms with van der Waals surface area (Å²) in [6.07, 6.45) is 6.91. The number of methoxy groups -OCH3 is 1. The van der Waals surface area contributed by atoms with Gasteiger partial charge in [0.05, 0.1) is 12.7 Å². The number of hydrogen-bond donors (Lipinski definition) is 0. The van der Waals surface area contributed by atoms with Gasteiger partial charge in [0, 0.05) is 12.6 Å². The Balaban J connectivity index is 1.40. The maximum atomic E-state index is 12.7. The van der Waals surface area contributed by atoms with E-state index in [2.05, 4.69) is 0 Å². The van der Waals surface area contributed by atoms with Gasteiger partial charge < -0.3 is 23.8 Å². The van der Waals surface area contributed by atoms with E-state index in [0.717, 1.165) is 19.4 Å². The molecule has 2 heterocycles. The van der Waals surface area contributed by atoms with Crippen molar-refractivity contribution in [3.05, 3.63) is 17.7 Å². The molecule has 152 valence electrons. The predicted octanol–water partition coefficient (Wildman–Crippen LogP) is 2.80. The SMILES string of the molecule is COc1cc(C(=O)OCC(=O)N2CCC[C@H]3CCCC[C@@H]32)cc2c1OCCO2. The summed E-state index contributed by atoms with van der Waals surface area (Å²) in [6, 6.07) is 3.43. The minimum absolute atomic E-state index is 0.102. The first-order valence-electron chi connectivity index (χ1n) is 10.1. The van der Waals surface area contributed by atoms with Gasteiger partial charge in [0.25, 0.3) is 5.91 Å². The van der Waals surface area contributed by atoms with Crippen LogP contribution in [0.15, 0.2) is 12.1 Å². The molecule has 0 N–H and O–H groups in total. The van der Waals surface area contributed by atoms with E-state index in [0.29, 0.717) is 42.4 Å². The third-order valence-corrected chi connectivity index (χ3v) is 5.95. The first-order valence-corrected chi connectivity index (χ1v) is 10.1. The number of carbonyl (C=O) groups is 2. The lowest BCUT2D eigenvalue weighted by Crippen LogP contribution is -2.50. The Labute approximate surface area is 164 Å². The van der Waals surface area contributed by atoms with Crippen molar-refractivity contribution in [2.24, 2.45) is 5.92 Å². The van der Waals surface area contributed by atoms with Crippen LogP contribution in [0, 0.1) is 5.92 Å². The van der Waals surface area contributed by atoms with Gasteiger partial charge >= 0.3 is 5.97 Å². The van der Waals surface area contributed by atoms with E-state index >= 15 is 0 Å². The maximum Gasteiger partial charge on any atom is 0.338 e. The fourth-order valence-electron chi connectivity index (χ4n) is 4.62. The second-order valence-electron chi connectivity index (χ2n) is 7.62. The van der Waals surface area contributed by atoms with Crippen LogP contribution in [0.2, 0.25) is 0 Å². The molecule has 2 aliphatic heterocycles. The number of carbonyl (C=O) groups excluding carboxylic acids is 2. The van der Waals surface area contributed by atoms with Gasteiger partial charge in [-0.1, -0.05) is 12.8 Å². The minimum atomic E-state index is -0.569. The normalized spacial score (nSPS) is 23.5. The van der Waals surface area contributed by atoms with Crippen LogP contribution in [-0.4, -0.2) is 56.3 Å². The van der Waals surface area contributed by atoms with Gasteiger partial charge in [-0.05, 0) is 43.7 Å². The van der Waals surface area contributed by atoms with Gasteiger partial charge in [0.2, 0.25) is 5.75 Å². The summed E-state index contributed by atoms with van der Waals surface area (Å²) < 4.78 is 21.7. The van der Waals surface area contributed by atoms with Crippen molar-refractivity contribution in [2.45, 2.75) is 44.6 Å². The number of esters is 1. The molecule has 7 nitrogen and oxygen atoms in total. The zero-order valence-corrected chi connectivity index (χ0v) is 16.3. The van der Waals surface area contributed by atoms with Gasteiger partial charge in [-0.15, -0.1) is 0 Å². The van der Waals surface area contributed by atoms with Crippen LogP contribution in [0.5, 0.6) is 17.2 Å². The summed E-state index contributed by atoms with van der Waals surface area (Å²) in [5, 5.41) is 0. The molecule has 1 saturated heterocycles. The number of hydrogen-bond acceptors (Lipinski definition) is 6. The van der Waals surface area contributed by atoms with E-state index in [4.69, 9.17) is 18.9 Å². The number of rotatable bonds is 4. The molecule has 1 aromatic rings. The van der Waals surface area contributed by atoms with E-state index in [1.54, 1.807) is 12.1 Å². The highest BCUT2D eigenvalue weighted by molar-refractivity contribution is 5.93. The fourth-order valence-corrected chi connectivity index (χ4v) is 4.62. The van der Waals surface area contributed by atoms with Crippen molar-refractivity contribution >= 4 is 11.9 Å². The summed E-state index contributed by atoms with van der Waals surface area (Å²) in [4.78, 5) is 27.2. The highest BCUT2D eigenvalue weighted by Crippen LogP contribution is 2.40. The van der Waals surface area contributed by atoms with Crippen LogP contribution >= 0.6 is 0 Å². The van der Waals surface area contributed by atoms with Crippen LogP contribution in [0.4, 0.5) is 0 Å². The third-order valence-electron chi connectivity index (χ3n) is 5.95. The molecule has 28 heavy (non-hydrogen) atoms. The van der Waals surface area contributed by atoms with Crippen molar-refractivity contribution in [3.8, 4) is 17.2 Å². The lowest BCUT2D eigenvalue weighted by atomic mass is 9.78. The Bertz CT molecular complexity index is 729. The summed E-state index contributed by atoms with van der Waals surface area (Å²) in [6.45, 7) is 1.36.